The number of nitrogens with one attached hydrogen (secondary N) is 2. The molecule has 278 valence electrons. The number of para-hydroxylation sites is 1. The summed E-state index contributed by atoms with van der Waals surface area (Å²) in [4.78, 5) is 42.7. The predicted molar refractivity (Wildman–Crippen MR) is 210 cm³/mol. The maximum absolute atomic E-state index is 13.2. The van der Waals surface area contributed by atoms with Gasteiger partial charge in [-0.25, -0.2) is 9.97 Å². The first-order valence-corrected chi connectivity index (χ1v) is 19.1. The highest BCUT2D eigenvalue weighted by Gasteiger charge is 2.47. The van der Waals surface area contributed by atoms with Crippen LogP contribution in [-0.2, 0) is 17.9 Å². The summed E-state index contributed by atoms with van der Waals surface area (Å²) in [5.41, 5.74) is 4.93. The van der Waals surface area contributed by atoms with Gasteiger partial charge in [-0.1, -0.05) is 47.7 Å². The summed E-state index contributed by atoms with van der Waals surface area (Å²) in [5, 5.41) is 15.1. The third-order valence-electron chi connectivity index (χ3n) is 11.2. The van der Waals surface area contributed by atoms with E-state index in [4.69, 9.17) is 4.98 Å². The second-order valence-corrected chi connectivity index (χ2v) is 15.1. The Labute approximate surface area is 316 Å². The fourth-order valence-corrected chi connectivity index (χ4v) is 7.81. The fraction of sp³-hybridized carbons (Fsp3) is 0.381. The quantitative estimate of drug-likeness (QED) is 0.160. The molecule has 8 rings (SSSR count). The van der Waals surface area contributed by atoms with Gasteiger partial charge in [-0.2, -0.15) is 0 Å². The van der Waals surface area contributed by atoms with E-state index in [0.717, 1.165) is 111 Å². The van der Waals surface area contributed by atoms with Crippen LogP contribution in [0.5, 0.6) is 0 Å². The first-order valence-electron chi connectivity index (χ1n) is 19.1. The summed E-state index contributed by atoms with van der Waals surface area (Å²) in [6.45, 7) is 8.72. The molecule has 2 N–H and O–H groups in total. The van der Waals surface area contributed by atoms with Crippen molar-refractivity contribution in [2.75, 3.05) is 54.4 Å². The molecule has 0 spiro atoms. The molecule has 3 fully saturated rings. The lowest BCUT2D eigenvalue weighted by Crippen LogP contribution is -2.47. The van der Waals surface area contributed by atoms with Gasteiger partial charge in [0.15, 0.2) is 0 Å². The number of benzene rings is 2. The van der Waals surface area contributed by atoms with E-state index in [9.17, 15) is 9.59 Å². The van der Waals surface area contributed by atoms with Crippen LogP contribution >= 0.6 is 0 Å². The lowest BCUT2D eigenvalue weighted by Gasteiger charge is -2.36. The molecule has 0 radical (unpaired) electrons. The van der Waals surface area contributed by atoms with Gasteiger partial charge in [0.1, 0.15) is 17.3 Å². The van der Waals surface area contributed by atoms with E-state index in [1.165, 1.54) is 0 Å². The van der Waals surface area contributed by atoms with E-state index in [2.05, 4.69) is 58.8 Å². The smallest absolute Gasteiger partial charge is 0.255 e. The summed E-state index contributed by atoms with van der Waals surface area (Å²) in [7, 11) is 0. The van der Waals surface area contributed by atoms with Crippen LogP contribution in [0.25, 0.3) is 11.3 Å². The monoisotopic (exact) mass is 724 g/mol. The maximum atomic E-state index is 13.2. The normalized spacial score (nSPS) is 18.1. The van der Waals surface area contributed by atoms with Gasteiger partial charge in [0, 0.05) is 80.9 Å². The number of hydrogen-bond acceptors (Lipinski definition) is 9. The Kier molecular flexibility index (Phi) is 10.3. The van der Waals surface area contributed by atoms with Gasteiger partial charge in [-0.3, -0.25) is 19.2 Å². The molecular weight excluding hydrogens is 677 g/mol. The minimum Gasteiger partial charge on any atom is -0.353 e. The number of amides is 2. The lowest BCUT2D eigenvalue weighted by atomic mass is 10.0. The second kappa shape index (κ2) is 15.8. The minimum absolute atomic E-state index is 0.0400. The standard InChI is InChI=1S/C42H48N10O2/c1-31-12-14-33(24-36(31)41(54)46-34-8-3-2-4-9-34)37-29-52(48-47-37)28-35-10-7-19-51(35)30-42(16-17-42)25-40(53)45-27-32-13-15-39(44-26-32)50-22-20-49(21-23-50)38-11-5-6-18-43-38/h2-6,8-9,11-15,18,24,26,29,35H,7,10,16-17,19-23,25,27-28,30H2,1H3,(H,45,53)(H,46,54). The highest BCUT2D eigenvalue weighted by Crippen LogP contribution is 2.50. The van der Waals surface area contributed by atoms with Crippen molar-refractivity contribution in [3.05, 3.63) is 114 Å². The predicted octanol–water partition coefficient (Wildman–Crippen LogP) is 5.57. The topological polar surface area (TPSA) is 124 Å². The molecule has 5 heterocycles. The Morgan fingerprint density at radius 3 is 2.37 bits per heavy atom. The van der Waals surface area contributed by atoms with Crippen LogP contribution in [0.3, 0.4) is 0 Å². The Morgan fingerprint density at radius 1 is 0.870 bits per heavy atom. The SMILES string of the molecule is Cc1ccc(-c2cn(CC3CCCN3CC3(CC(=O)NCc4ccc(N5CCN(c6ccccn6)CC5)nc4)CC3)nn2)cc1C(=O)Nc1ccccc1. The molecule has 54 heavy (non-hydrogen) atoms. The third-order valence-corrected chi connectivity index (χ3v) is 11.2. The molecule has 2 amide bonds. The van der Waals surface area contributed by atoms with Gasteiger partial charge >= 0.3 is 0 Å². The summed E-state index contributed by atoms with van der Waals surface area (Å²) < 4.78 is 1.93. The zero-order valence-electron chi connectivity index (χ0n) is 30.9. The first kappa shape index (κ1) is 35.4. The average molecular weight is 725 g/mol. The zero-order valence-corrected chi connectivity index (χ0v) is 30.9. The largest absolute Gasteiger partial charge is 0.353 e. The number of pyridine rings is 2. The Bertz CT molecular complexity index is 2040. The number of hydrogen-bond donors (Lipinski definition) is 2. The second-order valence-electron chi connectivity index (χ2n) is 15.1. The van der Waals surface area contributed by atoms with Gasteiger partial charge in [0.25, 0.3) is 5.91 Å². The molecule has 2 aliphatic heterocycles. The van der Waals surface area contributed by atoms with E-state index < -0.39 is 0 Å². The first-order chi connectivity index (χ1) is 26.4. The van der Waals surface area contributed by atoms with Crippen molar-refractivity contribution >= 4 is 29.1 Å². The van der Waals surface area contributed by atoms with E-state index in [0.29, 0.717) is 24.6 Å². The molecule has 1 unspecified atom stereocenters. The summed E-state index contributed by atoms with van der Waals surface area (Å²) in [6.07, 6.45) is 10.6. The molecule has 1 atom stereocenters. The van der Waals surface area contributed by atoms with Crippen molar-refractivity contribution in [1.82, 2.24) is 35.2 Å². The molecular formula is C42H48N10O2. The van der Waals surface area contributed by atoms with Crippen LogP contribution in [0.1, 0.15) is 53.6 Å². The number of nitrogens with zero attached hydrogens (tertiary/aromatic N) is 8. The van der Waals surface area contributed by atoms with Crippen molar-refractivity contribution in [3.63, 3.8) is 0 Å². The number of aryl methyl sites for hydroxylation is 1. The van der Waals surface area contributed by atoms with Gasteiger partial charge in [-0.15, -0.1) is 5.10 Å². The number of likely N-dealkylation sites (tertiary alicyclic amines) is 1. The van der Waals surface area contributed by atoms with Crippen molar-refractivity contribution in [3.8, 4) is 11.3 Å². The van der Waals surface area contributed by atoms with Crippen molar-refractivity contribution in [1.29, 1.82) is 0 Å². The van der Waals surface area contributed by atoms with Crippen LogP contribution in [0.4, 0.5) is 17.3 Å². The Morgan fingerprint density at radius 2 is 1.65 bits per heavy atom. The van der Waals surface area contributed by atoms with Gasteiger partial charge in [0.05, 0.1) is 12.7 Å². The summed E-state index contributed by atoms with van der Waals surface area (Å²) in [6, 6.07) is 25.8. The summed E-state index contributed by atoms with van der Waals surface area (Å²) >= 11 is 0. The number of piperazine rings is 1. The molecule has 3 aromatic heterocycles. The van der Waals surface area contributed by atoms with Gasteiger partial charge < -0.3 is 20.4 Å². The minimum atomic E-state index is -0.147. The highest BCUT2D eigenvalue weighted by molar-refractivity contribution is 6.05. The van der Waals surface area contributed by atoms with Crippen LogP contribution in [0.15, 0.2) is 97.5 Å². The van der Waals surface area contributed by atoms with Gasteiger partial charge in [0.2, 0.25) is 5.91 Å². The maximum Gasteiger partial charge on any atom is 0.255 e. The lowest BCUT2D eigenvalue weighted by molar-refractivity contribution is -0.122. The molecule has 12 nitrogen and oxygen atoms in total. The fourth-order valence-electron chi connectivity index (χ4n) is 7.81. The van der Waals surface area contributed by atoms with E-state index in [-0.39, 0.29) is 17.2 Å². The third kappa shape index (κ3) is 8.44. The zero-order chi connectivity index (χ0) is 36.9. The van der Waals surface area contributed by atoms with Crippen molar-refractivity contribution in [2.24, 2.45) is 5.41 Å². The number of anilines is 3. The van der Waals surface area contributed by atoms with E-state index in [1.807, 2.05) is 90.9 Å². The van der Waals surface area contributed by atoms with Crippen molar-refractivity contribution in [2.45, 2.75) is 58.2 Å². The van der Waals surface area contributed by atoms with Crippen LogP contribution in [0, 0.1) is 12.3 Å². The number of rotatable bonds is 13. The molecule has 0 bridgehead atoms. The number of carbonyl (C=O) groups is 2. The van der Waals surface area contributed by atoms with Crippen LogP contribution in [0.2, 0.25) is 0 Å². The molecule has 1 saturated carbocycles. The van der Waals surface area contributed by atoms with Crippen LogP contribution < -0.4 is 20.4 Å². The van der Waals surface area contributed by atoms with E-state index >= 15 is 0 Å². The molecule has 1 aliphatic carbocycles. The van der Waals surface area contributed by atoms with Crippen LogP contribution in [-0.4, -0.2) is 87.0 Å². The number of aromatic nitrogens is 5. The average Bonchev–Trinajstić information content (AvgIpc) is 3.55. The van der Waals surface area contributed by atoms with Gasteiger partial charge in [-0.05, 0) is 92.1 Å². The molecule has 2 aromatic carbocycles. The highest BCUT2D eigenvalue weighted by atomic mass is 16.2. The molecule has 2 saturated heterocycles. The van der Waals surface area contributed by atoms with Crippen molar-refractivity contribution < 1.29 is 9.59 Å². The Hall–Kier alpha value is -5.62. The molecule has 3 aliphatic rings. The molecule has 12 heteroatoms. The molecule has 5 aromatic rings. The van der Waals surface area contributed by atoms with E-state index in [1.54, 1.807) is 0 Å². The Balaban J connectivity index is 0.806. The summed E-state index contributed by atoms with van der Waals surface area (Å²) in [5.74, 6) is 1.95. The number of carbonyl (C=O) groups excluding carboxylic acids is 2.